The summed E-state index contributed by atoms with van der Waals surface area (Å²) in [5.41, 5.74) is -2.15. The third-order valence-corrected chi connectivity index (χ3v) is 10.3. The SMILES string of the molecule is C=C[C@@H]1C[C@]1(NC(=O)[C@@H]1CC(OS(=O)(=O)c2ccc(Br)cc2)CN1C(=O)[C@@H](NC(=O)OC1CCCC1)C(C)(C)C)C(=O)OC. The van der Waals surface area contributed by atoms with Crippen molar-refractivity contribution in [2.45, 2.75) is 94.0 Å². The first-order valence-corrected chi connectivity index (χ1v) is 16.8. The van der Waals surface area contributed by atoms with Gasteiger partial charge in [-0.2, -0.15) is 8.42 Å². The second-order valence-corrected chi connectivity index (χ2v) is 15.1. The largest absolute Gasteiger partial charge is 0.467 e. The Labute approximate surface area is 266 Å². The fraction of sp³-hybridized carbons (Fsp3) is 0.600. The van der Waals surface area contributed by atoms with Crippen molar-refractivity contribution in [3.05, 3.63) is 41.4 Å². The van der Waals surface area contributed by atoms with Crippen molar-refractivity contribution in [1.29, 1.82) is 0 Å². The summed E-state index contributed by atoms with van der Waals surface area (Å²) < 4.78 is 42.9. The molecule has 242 valence electrons. The van der Waals surface area contributed by atoms with E-state index in [1.165, 1.54) is 24.1 Å². The highest BCUT2D eigenvalue weighted by molar-refractivity contribution is 9.10. The highest BCUT2D eigenvalue weighted by atomic mass is 79.9. The lowest BCUT2D eigenvalue weighted by Crippen LogP contribution is -2.59. The minimum Gasteiger partial charge on any atom is -0.467 e. The number of nitrogens with one attached hydrogen (secondary N) is 2. The van der Waals surface area contributed by atoms with Gasteiger partial charge in [-0.25, -0.2) is 9.59 Å². The smallest absolute Gasteiger partial charge is 0.408 e. The summed E-state index contributed by atoms with van der Waals surface area (Å²) in [6.07, 6.45) is 2.97. The Balaban J connectivity index is 1.60. The maximum atomic E-state index is 14.1. The number of rotatable bonds is 10. The summed E-state index contributed by atoms with van der Waals surface area (Å²) in [7, 11) is -3.05. The van der Waals surface area contributed by atoms with Crippen LogP contribution in [0.2, 0.25) is 0 Å². The van der Waals surface area contributed by atoms with Gasteiger partial charge in [0.2, 0.25) is 11.8 Å². The van der Waals surface area contributed by atoms with Crippen molar-refractivity contribution < 1.29 is 41.3 Å². The predicted molar refractivity (Wildman–Crippen MR) is 163 cm³/mol. The molecule has 1 saturated heterocycles. The molecule has 1 aliphatic heterocycles. The van der Waals surface area contributed by atoms with Crippen molar-refractivity contribution >= 4 is 49.9 Å². The van der Waals surface area contributed by atoms with Gasteiger partial charge in [0, 0.05) is 23.4 Å². The summed E-state index contributed by atoms with van der Waals surface area (Å²) in [6, 6.07) is 3.53. The van der Waals surface area contributed by atoms with Gasteiger partial charge in [0.15, 0.2) is 0 Å². The molecule has 5 atom stereocenters. The zero-order valence-electron chi connectivity index (χ0n) is 25.3. The van der Waals surface area contributed by atoms with Crippen LogP contribution in [0, 0.1) is 11.3 Å². The zero-order chi connectivity index (χ0) is 32.4. The van der Waals surface area contributed by atoms with Crippen LogP contribution in [-0.2, 0) is 38.2 Å². The van der Waals surface area contributed by atoms with E-state index >= 15 is 0 Å². The van der Waals surface area contributed by atoms with E-state index in [2.05, 4.69) is 33.1 Å². The molecule has 0 spiro atoms. The van der Waals surface area contributed by atoms with Gasteiger partial charge < -0.3 is 25.0 Å². The van der Waals surface area contributed by atoms with Crippen molar-refractivity contribution in [3.8, 4) is 0 Å². The fourth-order valence-electron chi connectivity index (χ4n) is 5.81. The number of likely N-dealkylation sites (tertiary alicyclic amines) is 1. The third kappa shape index (κ3) is 7.45. The monoisotopic (exact) mass is 697 g/mol. The van der Waals surface area contributed by atoms with Gasteiger partial charge in [0.1, 0.15) is 23.7 Å². The molecule has 2 aliphatic carbocycles. The van der Waals surface area contributed by atoms with Crippen LogP contribution in [0.3, 0.4) is 0 Å². The molecule has 14 heteroatoms. The molecule has 12 nitrogen and oxygen atoms in total. The summed E-state index contributed by atoms with van der Waals surface area (Å²) in [5.74, 6) is -2.32. The molecule has 1 aromatic carbocycles. The first-order valence-electron chi connectivity index (χ1n) is 14.6. The normalized spacial score (nSPS) is 26.0. The van der Waals surface area contributed by atoms with Gasteiger partial charge in [-0.05, 0) is 61.8 Å². The van der Waals surface area contributed by atoms with Gasteiger partial charge in [0.25, 0.3) is 10.1 Å². The van der Waals surface area contributed by atoms with Gasteiger partial charge in [-0.1, -0.05) is 42.8 Å². The van der Waals surface area contributed by atoms with E-state index in [1.54, 1.807) is 39.0 Å². The van der Waals surface area contributed by atoms with Crippen LogP contribution >= 0.6 is 15.9 Å². The number of halogens is 1. The van der Waals surface area contributed by atoms with E-state index in [4.69, 9.17) is 13.7 Å². The summed E-state index contributed by atoms with van der Waals surface area (Å²) >= 11 is 3.27. The molecule has 0 aromatic heterocycles. The lowest BCUT2D eigenvalue weighted by atomic mass is 9.85. The Bertz CT molecular complexity index is 1390. The molecule has 3 fully saturated rings. The lowest BCUT2D eigenvalue weighted by molar-refractivity contribution is -0.148. The molecule has 1 aromatic rings. The van der Waals surface area contributed by atoms with Crippen LogP contribution < -0.4 is 10.6 Å². The first-order chi connectivity index (χ1) is 20.6. The number of benzene rings is 1. The molecule has 2 N–H and O–H groups in total. The second-order valence-electron chi connectivity index (χ2n) is 12.6. The number of methoxy groups -OCH3 is 1. The predicted octanol–water partition coefficient (Wildman–Crippen LogP) is 3.44. The van der Waals surface area contributed by atoms with E-state index in [0.717, 1.165) is 25.7 Å². The Morgan fingerprint density at radius 3 is 2.30 bits per heavy atom. The number of ether oxygens (including phenoxy) is 2. The average molecular weight is 699 g/mol. The minimum atomic E-state index is -4.26. The first kappa shape index (κ1) is 33.9. The summed E-state index contributed by atoms with van der Waals surface area (Å²) in [5, 5.41) is 5.42. The molecule has 0 bridgehead atoms. The molecule has 44 heavy (non-hydrogen) atoms. The molecule has 3 amide bonds. The molecule has 1 heterocycles. The highest BCUT2D eigenvalue weighted by Gasteiger charge is 2.62. The molecular weight excluding hydrogens is 658 g/mol. The second kappa shape index (κ2) is 13.2. The molecule has 4 rings (SSSR count). The molecule has 2 saturated carbocycles. The molecule has 0 radical (unpaired) electrons. The number of alkyl carbamates (subject to hydrolysis) is 1. The Kier molecular flexibility index (Phi) is 10.2. The van der Waals surface area contributed by atoms with Crippen LogP contribution in [0.1, 0.15) is 59.3 Å². The number of nitrogens with zero attached hydrogens (tertiary/aromatic N) is 1. The van der Waals surface area contributed by atoms with E-state index < -0.39 is 63.1 Å². The van der Waals surface area contributed by atoms with Gasteiger partial charge in [-0.15, -0.1) is 6.58 Å². The number of carbonyl (C=O) groups excluding carboxylic acids is 4. The maximum Gasteiger partial charge on any atom is 0.408 e. The summed E-state index contributed by atoms with van der Waals surface area (Å²) in [4.78, 5) is 54.5. The van der Waals surface area contributed by atoms with Gasteiger partial charge in [0.05, 0.1) is 18.1 Å². The van der Waals surface area contributed by atoms with E-state index in [-0.39, 0.29) is 36.3 Å². The summed E-state index contributed by atoms with van der Waals surface area (Å²) in [6.45, 7) is 8.74. The minimum absolute atomic E-state index is 0.0909. The molecule has 1 unspecified atom stereocenters. The highest BCUT2D eigenvalue weighted by Crippen LogP contribution is 2.45. The van der Waals surface area contributed by atoms with Gasteiger partial charge >= 0.3 is 12.1 Å². The van der Waals surface area contributed by atoms with Crippen LogP contribution in [0.4, 0.5) is 4.79 Å². The van der Waals surface area contributed by atoms with Crippen molar-refractivity contribution in [2.75, 3.05) is 13.7 Å². The fourth-order valence-corrected chi connectivity index (χ4v) is 7.15. The molecule has 3 aliphatic rings. The van der Waals surface area contributed by atoms with Crippen LogP contribution in [0.15, 0.2) is 46.3 Å². The molecular formula is C30H40BrN3O9S. The van der Waals surface area contributed by atoms with Crippen LogP contribution in [-0.4, -0.2) is 80.7 Å². The topological polar surface area (TPSA) is 157 Å². The standard InChI is InChI=1S/C30H40BrN3O9S/c1-6-18-16-30(18,27(37)41-5)33-25(35)23-15-21(43-44(39,40)22-13-11-19(31)12-14-22)17-34(23)26(36)24(29(2,3)4)32-28(38)42-20-9-7-8-10-20/h6,11-14,18,20-21,23-24H,1,7-10,15-17H2,2-5H3,(H,32,38)(H,33,35)/t18-,21?,23+,24-,30-/m1/s1. The van der Waals surface area contributed by atoms with Crippen LogP contribution in [0.5, 0.6) is 0 Å². The quantitative estimate of drug-likeness (QED) is 0.212. The third-order valence-electron chi connectivity index (χ3n) is 8.36. The number of hydrogen-bond acceptors (Lipinski definition) is 9. The lowest BCUT2D eigenvalue weighted by Gasteiger charge is -2.35. The number of amides is 3. The Morgan fingerprint density at radius 2 is 1.75 bits per heavy atom. The number of esters is 1. The maximum absolute atomic E-state index is 14.1. The zero-order valence-corrected chi connectivity index (χ0v) is 27.7. The Hall–Kier alpha value is -2.97. The van der Waals surface area contributed by atoms with E-state index in [9.17, 15) is 27.6 Å². The van der Waals surface area contributed by atoms with Crippen LogP contribution in [0.25, 0.3) is 0 Å². The van der Waals surface area contributed by atoms with E-state index in [1.807, 2.05) is 0 Å². The van der Waals surface area contributed by atoms with E-state index in [0.29, 0.717) is 4.47 Å². The van der Waals surface area contributed by atoms with Crippen molar-refractivity contribution in [3.63, 3.8) is 0 Å². The Morgan fingerprint density at radius 1 is 1.11 bits per heavy atom. The number of carbonyl (C=O) groups is 4. The van der Waals surface area contributed by atoms with Crippen molar-refractivity contribution in [1.82, 2.24) is 15.5 Å². The number of hydrogen-bond donors (Lipinski definition) is 2. The van der Waals surface area contributed by atoms with Crippen molar-refractivity contribution in [2.24, 2.45) is 11.3 Å². The average Bonchev–Trinajstić information content (AvgIpc) is 3.24. The van der Waals surface area contributed by atoms with Gasteiger partial charge in [-0.3, -0.25) is 13.8 Å².